The Labute approximate surface area is 209 Å². The van der Waals surface area contributed by atoms with Crippen LogP contribution in [0.5, 0.6) is 5.75 Å². The fraction of sp³-hybridized carbons (Fsp3) is 0.320. The van der Waals surface area contributed by atoms with Crippen LogP contribution in [0, 0.1) is 0 Å². The zero-order valence-corrected chi connectivity index (χ0v) is 20.1. The van der Waals surface area contributed by atoms with Crippen molar-refractivity contribution in [1.29, 1.82) is 0 Å². The van der Waals surface area contributed by atoms with E-state index in [0.717, 1.165) is 10.1 Å². The van der Waals surface area contributed by atoms with Gasteiger partial charge in [-0.3, -0.25) is 14.5 Å². The highest BCUT2D eigenvalue weighted by Crippen LogP contribution is 2.42. The van der Waals surface area contributed by atoms with Crippen LogP contribution in [0.15, 0.2) is 42.5 Å². The molecule has 2 amide bonds. The minimum Gasteiger partial charge on any atom is -0.489 e. The number of halogens is 1. The summed E-state index contributed by atoms with van der Waals surface area (Å²) in [6, 6.07) is 12.5. The number of ether oxygens (including phenoxy) is 3. The summed E-state index contributed by atoms with van der Waals surface area (Å²) in [7, 11) is 0. The molecule has 2 aromatic carbocycles. The zero-order chi connectivity index (χ0) is 24.1. The Balaban J connectivity index is 1.16. The number of cyclic esters (lactones) is 1. The SMILES string of the molecule is O=C(CC[C@@H]1OC(=O)N2c3ccc(N4CCOCC4=O)cc3OC[C@@H]12)c1cc2ccc(Cl)cc2s1. The van der Waals surface area contributed by atoms with Crippen molar-refractivity contribution in [3.8, 4) is 5.75 Å². The van der Waals surface area contributed by atoms with Crippen molar-refractivity contribution in [1.82, 2.24) is 0 Å². The Morgan fingerprint density at radius 3 is 2.89 bits per heavy atom. The number of thiophene rings is 1. The topological polar surface area (TPSA) is 85.4 Å². The molecule has 0 radical (unpaired) electrons. The molecule has 2 saturated heterocycles. The van der Waals surface area contributed by atoms with Gasteiger partial charge in [-0.2, -0.15) is 0 Å². The number of rotatable bonds is 5. The minimum absolute atomic E-state index is 0.00812. The van der Waals surface area contributed by atoms with Gasteiger partial charge in [-0.25, -0.2) is 4.79 Å². The van der Waals surface area contributed by atoms with Gasteiger partial charge < -0.3 is 19.1 Å². The fourth-order valence-corrected chi connectivity index (χ4v) is 6.07. The molecule has 1 aromatic heterocycles. The van der Waals surface area contributed by atoms with Crippen molar-refractivity contribution < 1.29 is 28.6 Å². The lowest BCUT2D eigenvalue weighted by molar-refractivity contribution is -0.125. The van der Waals surface area contributed by atoms with E-state index in [1.165, 1.54) is 11.3 Å². The summed E-state index contributed by atoms with van der Waals surface area (Å²) in [5.41, 5.74) is 1.31. The van der Waals surface area contributed by atoms with Crippen LogP contribution in [0.2, 0.25) is 5.02 Å². The summed E-state index contributed by atoms with van der Waals surface area (Å²) >= 11 is 7.47. The molecule has 0 saturated carbocycles. The third kappa shape index (κ3) is 4.03. The second-order valence-electron chi connectivity index (χ2n) is 8.68. The first-order valence-corrected chi connectivity index (χ1v) is 12.5. The Morgan fingerprint density at radius 2 is 2.03 bits per heavy atom. The highest BCUT2D eigenvalue weighted by molar-refractivity contribution is 7.20. The molecule has 2 fully saturated rings. The van der Waals surface area contributed by atoms with Crippen molar-refractivity contribution in [2.75, 3.05) is 36.2 Å². The van der Waals surface area contributed by atoms with Crippen molar-refractivity contribution in [2.24, 2.45) is 0 Å². The standard InChI is InChI=1S/C25H21ClN2O6S/c26-15-2-1-14-9-23(35-22(14)10-15)19(29)5-6-20-18-12-33-21-11-16(27-7-8-32-13-24(27)30)3-4-17(21)28(18)25(31)34-20/h1-4,9-11,18,20H,5-8,12-13H2/t18-,20-/m0/s1. The highest BCUT2D eigenvalue weighted by Gasteiger charge is 2.46. The number of nitrogens with zero attached hydrogens (tertiary/aromatic N) is 2. The normalized spacial score (nSPS) is 21.5. The molecule has 0 aliphatic carbocycles. The number of hydrogen-bond acceptors (Lipinski definition) is 7. The van der Waals surface area contributed by atoms with Crippen LogP contribution < -0.4 is 14.5 Å². The Kier molecular flexibility index (Phi) is 5.63. The maximum Gasteiger partial charge on any atom is 0.415 e. The number of amides is 2. The summed E-state index contributed by atoms with van der Waals surface area (Å²) in [4.78, 5) is 41.7. The summed E-state index contributed by atoms with van der Waals surface area (Å²) in [5, 5.41) is 1.62. The molecule has 0 bridgehead atoms. The van der Waals surface area contributed by atoms with Gasteiger partial charge in [0.25, 0.3) is 5.91 Å². The number of anilines is 2. The summed E-state index contributed by atoms with van der Waals surface area (Å²) < 4.78 is 17.8. The van der Waals surface area contributed by atoms with E-state index in [2.05, 4.69) is 0 Å². The number of carbonyl (C=O) groups is 3. The number of hydrogen-bond donors (Lipinski definition) is 0. The number of Topliss-reactive ketones (excluding diaryl/α,β-unsaturated/α-hetero) is 1. The van der Waals surface area contributed by atoms with Crippen molar-refractivity contribution in [3.63, 3.8) is 0 Å². The molecule has 3 aliphatic heterocycles. The quantitative estimate of drug-likeness (QED) is 0.462. The van der Waals surface area contributed by atoms with Crippen LogP contribution in [0.25, 0.3) is 10.1 Å². The lowest BCUT2D eigenvalue weighted by atomic mass is 10.0. The predicted molar refractivity (Wildman–Crippen MR) is 132 cm³/mol. The average molecular weight is 513 g/mol. The number of morpholine rings is 1. The monoisotopic (exact) mass is 512 g/mol. The van der Waals surface area contributed by atoms with E-state index in [9.17, 15) is 14.4 Å². The molecule has 6 rings (SSSR count). The average Bonchev–Trinajstić information content (AvgIpc) is 3.43. The summed E-state index contributed by atoms with van der Waals surface area (Å²) in [6.07, 6.45) is -0.249. The molecular formula is C25H21ClN2O6S. The molecule has 0 unspecified atom stereocenters. The van der Waals surface area contributed by atoms with E-state index in [1.807, 2.05) is 18.2 Å². The van der Waals surface area contributed by atoms with E-state index >= 15 is 0 Å². The van der Waals surface area contributed by atoms with Gasteiger partial charge in [-0.05, 0) is 42.1 Å². The van der Waals surface area contributed by atoms with Crippen LogP contribution >= 0.6 is 22.9 Å². The zero-order valence-electron chi connectivity index (χ0n) is 18.6. The molecule has 3 aliphatic rings. The van der Waals surface area contributed by atoms with Gasteiger partial charge in [0.2, 0.25) is 0 Å². The van der Waals surface area contributed by atoms with Gasteiger partial charge in [0, 0.05) is 34.4 Å². The third-order valence-electron chi connectivity index (χ3n) is 6.53. The fourth-order valence-electron chi connectivity index (χ4n) is 4.77. The van der Waals surface area contributed by atoms with E-state index in [4.69, 9.17) is 25.8 Å². The van der Waals surface area contributed by atoms with Gasteiger partial charge in [-0.1, -0.05) is 17.7 Å². The molecule has 0 spiro atoms. The van der Waals surface area contributed by atoms with Gasteiger partial charge in [-0.15, -0.1) is 11.3 Å². The third-order valence-corrected chi connectivity index (χ3v) is 7.91. The molecule has 8 nitrogen and oxygen atoms in total. The van der Waals surface area contributed by atoms with Gasteiger partial charge in [0.15, 0.2) is 5.78 Å². The van der Waals surface area contributed by atoms with Crippen molar-refractivity contribution >= 4 is 62.2 Å². The maximum absolute atomic E-state index is 12.9. The molecule has 180 valence electrons. The van der Waals surface area contributed by atoms with E-state index in [1.54, 1.807) is 34.1 Å². The lowest BCUT2D eigenvalue weighted by Crippen LogP contribution is -2.45. The number of benzene rings is 2. The predicted octanol–water partition coefficient (Wildman–Crippen LogP) is 4.67. The first-order valence-electron chi connectivity index (χ1n) is 11.3. The molecule has 4 heterocycles. The van der Waals surface area contributed by atoms with Gasteiger partial charge >= 0.3 is 6.09 Å². The Morgan fingerprint density at radius 1 is 1.14 bits per heavy atom. The van der Waals surface area contributed by atoms with E-state index in [-0.39, 0.29) is 37.4 Å². The van der Waals surface area contributed by atoms with E-state index in [0.29, 0.717) is 46.6 Å². The lowest BCUT2D eigenvalue weighted by Gasteiger charge is -2.33. The van der Waals surface area contributed by atoms with Crippen LogP contribution in [0.4, 0.5) is 16.2 Å². The second-order valence-corrected chi connectivity index (χ2v) is 10.2. The molecular weight excluding hydrogens is 492 g/mol. The largest absolute Gasteiger partial charge is 0.489 e. The van der Waals surface area contributed by atoms with Crippen LogP contribution in [0.3, 0.4) is 0 Å². The Bertz CT molecular complexity index is 1360. The van der Waals surface area contributed by atoms with Gasteiger partial charge in [0.1, 0.15) is 31.1 Å². The van der Waals surface area contributed by atoms with Crippen LogP contribution in [-0.4, -0.2) is 56.3 Å². The van der Waals surface area contributed by atoms with Crippen LogP contribution in [-0.2, 0) is 14.3 Å². The molecule has 3 aromatic rings. The maximum atomic E-state index is 12.9. The molecule has 2 atom stereocenters. The number of fused-ring (bicyclic) bond motifs is 4. The number of ketones is 1. The first kappa shape index (κ1) is 22.3. The summed E-state index contributed by atoms with van der Waals surface area (Å²) in [5.74, 6) is 0.418. The smallest absolute Gasteiger partial charge is 0.415 e. The highest BCUT2D eigenvalue weighted by atomic mass is 35.5. The second kappa shape index (κ2) is 8.82. The van der Waals surface area contributed by atoms with Crippen molar-refractivity contribution in [3.05, 3.63) is 52.4 Å². The van der Waals surface area contributed by atoms with Crippen LogP contribution in [0.1, 0.15) is 22.5 Å². The molecule has 10 heteroatoms. The Hall–Kier alpha value is -3.14. The number of carbonyl (C=O) groups excluding carboxylic acids is 3. The summed E-state index contributed by atoms with van der Waals surface area (Å²) in [6.45, 7) is 1.24. The minimum atomic E-state index is -0.455. The molecule has 0 N–H and O–H groups in total. The van der Waals surface area contributed by atoms with Gasteiger partial charge in [0.05, 0.1) is 17.2 Å². The first-order chi connectivity index (χ1) is 17.0. The molecule has 35 heavy (non-hydrogen) atoms. The van der Waals surface area contributed by atoms with E-state index < -0.39 is 12.2 Å². The van der Waals surface area contributed by atoms with Crippen molar-refractivity contribution in [2.45, 2.75) is 25.0 Å².